The Morgan fingerprint density at radius 2 is 2.27 bits per heavy atom. The van der Waals surface area contributed by atoms with Crippen molar-refractivity contribution < 1.29 is 14.4 Å². The molecule has 0 atom stereocenters. The molecule has 0 aliphatic heterocycles. The molecule has 22 heavy (non-hydrogen) atoms. The number of thiazole rings is 1. The number of amides is 1. The molecule has 2 aromatic heterocycles. The van der Waals surface area contributed by atoms with E-state index in [9.17, 15) is 10.0 Å². The minimum atomic E-state index is -0.336. The maximum Gasteiger partial charge on any atom is 0.293 e. The predicted octanol–water partition coefficient (Wildman–Crippen LogP) is 3.45. The second-order valence-electron chi connectivity index (χ2n) is 6.21. The number of nitrogens with one attached hydrogen (secondary N) is 1. The minimum Gasteiger partial charge on any atom is -0.455 e. The van der Waals surface area contributed by atoms with Gasteiger partial charge in [0.25, 0.3) is 5.91 Å². The second-order valence-corrected chi connectivity index (χ2v) is 7.10. The molecule has 0 bridgehead atoms. The van der Waals surface area contributed by atoms with E-state index in [-0.39, 0.29) is 17.1 Å². The van der Waals surface area contributed by atoms with Crippen LogP contribution in [0.2, 0.25) is 0 Å². The van der Waals surface area contributed by atoms with Crippen molar-refractivity contribution in [2.75, 3.05) is 5.32 Å². The number of oxime groups is 1. The van der Waals surface area contributed by atoms with Crippen LogP contribution in [0.5, 0.6) is 0 Å². The summed E-state index contributed by atoms with van der Waals surface area (Å²) < 4.78 is 5.79. The van der Waals surface area contributed by atoms with Crippen molar-refractivity contribution in [1.82, 2.24) is 4.98 Å². The van der Waals surface area contributed by atoms with Gasteiger partial charge in [-0.15, -0.1) is 11.3 Å². The molecule has 0 aromatic carbocycles. The second kappa shape index (κ2) is 5.24. The van der Waals surface area contributed by atoms with Gasteiger partial charge in [-0.1, -0.05) is 19.0 Å². The fourth-order valence-corrected chi connectivity index (χ4v) is 3.38. The van der Waals surface area contributed by atoms with Crippen molar-refractivity contribution in [1.29, 1.82) is 0 Å². The van der Waals surface area contributed by atoms with Crippen LogP contribution in [-0.2, 0) is 6.42 Å². The molecule has 3 rings (SSSR count). The number of carbonyl (C=O) groups is 1. The lowest BCUT2D eigenvalue weighted by Crippen LogP contribution is -2.27. The quantitative estimate of drug-likeness (QED) is 0.655. The highest BCUT2D eigenvalue weighted by Gasteiger charge is 2.36. The Hall–Kier alpha value is -2.15. The monoisotopic (exact) mass is 319 g/mol. The Kier molecular flexibility index (Phi) is 3.52. The van der Waals surface area contributed by atoms with Crippen LogP contribution in [0.25, 0.3) is 0 Å². The lowest BCUT2D eigenvalue weighted by Gasteiger charge is -2.28. The van der Waals surface area contributed by atoms with Crippen molar-refractivity contribution in [2.24, 2.45) is 10.6 Å². The molecule has 0 unspecified atom stereocenters. The van der Waals surface area contributed by atoms with E-state index in [1.807, 2.05) is 6.92 Å². The Balaban J connectivity index is 1.99. The summed E-state index contributed by atoms with van der Waals surface area (Å²) in [6, 6.07) is 0. The van der Waals surface area contributed by atoms with Crippen molar-refractivity contribution in [3.05, 3.63) is 34.2 Å². The van der Waals surface area contributed by atoms with Crippen LogP contribution < -0.4 is 5.32 Å². The van der Waals surface area contributed by atoms with Crippen molar-refractivity contribution in [2.45, 2.75) is 33.6 Å². The van der Waals surface area contributed by atoms with E-state index in [0.717, 1.165) is 5.56 Å². The summed E-state index contributed by atoms with van der Waals surface area (Å²) >= 11 is 1.34. The van der Waals surface area contributed by atoms with Crippen LogP contribution in [0.4, 0.5) is 5.13 Å². The third kappa shape index (κ3) is 2.52. The van der Waals surface area contributed by atoms with Gasteiger partial charge in [0.2, 0.25) is 0 Å². The highest BCUT2D eigenvalue weighted by molar-refractivity contribution is 7.13. The molecule has 116 valence electrons. The number of hydrogen-bond donors (Lipinski definition) is 2. The molecule has 1 aliphatic rings. The first-order valence-corrected chi connectivity index (χ1v) is 7.83. The molecular weight excluding hydrogens is 302 g/mol. The minimum absolute atomic E-state index is 0.0675. The molecule has 0 fully saturated rings. The van der Waals surface area contributed by atoms with E-state index < -0.39 is 0 Å². The van der Waals surface area contributed by atoms with Gasteiger partial charge in [-0.2, -0.15) is 0 Å². The Labute approximate surface area is 131 Å². The average molecular weight is 319 g/mol. The number of furan rings is 1. The third-order valence-electron chi connectivity index (χ3n) is 3.77. The van der Waals surface area contributed by atoms with Gasteiger partial charge < -0.3 is 9.62 Å². The van der Waals surface area contributed by atoms with Gasteiger partial charge in [-0.25, -0.2) is 4.98 Å². The number of aromatic nitrogens is 1. The Bertz CT molecular complexity index is 744. The van der Waals surface area contributed by atoms with Crippen LogP contribution in [0.3, 0.4) is 0 Å². The predicted molar refractivity (Wildman–Crippen MR) is 83.9 cm³/mol. The molecule has 0 radical (unpaired) electrons. The molecule has 6 nitrogen and oxygen atoms in total. The fourth-order valence-electron chi connectivity index (χ4n) is 2.86. The van der Waals surface area contributed by atoms with Gasteiger partial charge in [-0.05, 0) is 18.8 Å². The summed E-state index contributed by atoms with van der Waals surface area (Å²) in [4.78, 5) is 16.4. The maximum absolute atomic E-state index is 12.4. The summed E-state index contributed by atoms with van der Waals surface area (Å²) in [6.07, 6.45) is 2.97. The van der Waals surface area contributed by atoms with Crippen molar-refractivity contribution in [3.8, 4) is 0 Å². The van der Waals surface area contributed by atoms with Crippen LogP contribution in [0.15, 0.2) is 21.1 Å². The largest absolute Gasteiger partial charge is 0.455 e. The number of anilines is 1. The normalized spacial score (nSPS) is 18.2. The molecule has 1 aliphatic carbocycles. The van der Waals surface area contributed by atoms with E-state index >= 15 is 0 Å². The number of nitrogens with zero attached hydrogens (tertiary/aromatic N) is 2. The van der Waals surface area contributed by atoms with Crippen LogP contribution in [0, 0.1) is 12.3 Å². The van der Waals surface area contributed by atoms with Crippen LogP contribution >= 0.6 is 11.3 Å². The van der Waals surface area contributed by atoms with Crippen molar-refractivity contribution >= 4 is 28.1 Å². The molecule has 1 amide bonds. The van der Waals surface area contributed by atoms with E-state index in [2.05, 4.69) is 29.3 Å². The molecule has 0 saturated carbocycles. The molecule has 2 aromatic rings. The molecule has 2 N–H and O–H groups in total. The summed E-state index contributed by atoms with van der Waals surface area (Å²) in [5.41, 5.74) is 1.96. The van der Waals surface area contributed by atoms with Crippen molar-refractivity contribution in [3.63, 3.8) is 0 Å². The van der Waals surface area contributed by atoms with E-state index in [0.29, 0.717) is 35.0 Å². The SMILES string of the molecule is Cc1c(C(=O)Nc2nccs2)oc2c1/C(=N/O)CC(C)(C)C2. The van der Waals surface area contributed by atoms with Gasteiger partial charge in [0.05, 0.1) is 5.71 Å². The zero-order valence-corrected chi connectivity index (χ0v) is 13.5. The lowest BCUT2D eigenvalue weighted by molar-refractivity contribution is 0.0993. The zero-order chi connectivity index (χ0) is 15.9. The molecule has 2 heterocycles. The molecule has 0 saturated heterocycles. The van der Waals surface area contributed by atoms with E-state index in [1.54, 1.807) is 11.6 Å². The van der Waals surface area contributed by atoms with E-state index in [1.165, 1.54) is 11.3 Å². The maximum atomic E-state index is 12.4. The number of rotatable bonds is 2. The first-order valence-electron chi connectivity index (χ1n) is 6.96. The summed E-state index contributed by atoms with van der Waals surface area (Å²) in [5.74, 6) is 0.613. The highest BCUT2D eigenvalue weighted by Crippen LogP contribution is 2.38. The highest BCUT2D eigenvalue weighted by atomic mass is 32.1. The first kappa shape index (κ1) is 14.8. The standard InChI is InChI=1S/C15H17N3O3S/c1-8-11-9(18-20)6-15(2,3)7-10(11)21-12(8)13(19)17-14-16-4-5-22-14/h4-5,20H,6-7H2,1-3H3,(H,16,17,19)/b18-9+. The van der Waals surface area contributed by atoms with Gasteiger partial charge in [-0.3, -0.25) is 10.1 Å². The molecular formula is C15H17N3O3S. The third-order valence-corrected chi connectivity index (χ3v) is 4.46. The van der Waals surface area contributed by atoms with Crippen LogP contribution in [0.1, 0.15) is 47.7 Å². The number of fused-ring (bicyclic) bond motifs is 1. The van der Waals surface area contributed by atoms with Gasteiger partial charge >= 0.3 is 0 Å². The smallest absolute Gasteiger partial charge is 0.293 e. The van der Waals surface area contributed by atoms with Gasteiger partial charge in [0.1, 0.15) is 5.76 Å². The lowest BCUT2D eigenvalue weighted by atomic mass is 9.75. The summed E-state index contributed by atoms with van der Waals surface area (Å²) in [7, 11) is 0. The zero-order valence-electron chi connectivity index (χ0n) is 12.6. The van der Waals surface area contributed by atoms with E-state index in [4.69, 9.17) is 4.42 Å². The summed E-state index contributed by atoms with van der Waals surface area (Å²) in [6.45, 7) is 5.96. The average Bonchev–Trinajstić information content (AvgIpc) is 3.05. The van der Waals surface area contributed by atoms with Gasteiger partial charge in [0.15, 0.2) is 10.9 Å². The topological polar surface area (TPSA) is 87.7 Å². The molecule has 7 heteroatoms. The number of carbonyl (C=O) groups excluding carboxylic acids is 1. The first-order chi connectivity index (χ1) is 10.4. The Morgan fingerprint density at radius 3 is 2.91 bits per heavy atom. The molecule has 0 spiro atoms. The van der Waals surface area contributed by atoms with Crippen LogP contribution in [-0.4, -0.2) is 21.8 Å². The fraction of sp³-hybridized carbons (Fsp3) is 0.400. The number of hydrogen-bond acceptors (Lipinski definition) is 6. The summed E-state index contributed by atoms with van der Waals surface area (Å²) in [5, 5.41) is 17.7. The van der Waals surface area contributed by atoms with Gasteiger partial charge in [0, 0.05) is 29.1 Å². The Morgan fingerprint density at radius 1 is 1.50 bits per heavy atom.